The van der Waals surface area contributed by atoms with Crippen LogP contribution < -0.4 is 15.0 Å². The second-order valence-corrected chi connectivity index (χ2v) is 11.8. The summed E-state index contributed by atoms with van der Waals surface area (Å²) < 4.78 is 32.0. The lowest BCUT2D eigenvalue weighted by Crippen LogP contribution is -2.52. The van der Waals surface area contributed by atoms with Crippen LogP contribution in [0.1, 0.15) is 64.1 Å². The second kappa shape index (κ2) is 10.7. The van der Waals surface area contributed by atoms with Gasteiger partial charge in [0.2, 0.25) is 11.8 Å². The first kappa shape index (κ1) is 27.3. The van der Waals surface area contributed by atoms with E-state index in [1.165, 1.54) is 11.0 Å². The number of alkyl halides is 2. The Morgan fingerprint density at radius 1 is 1.15 bits per heavy atom. The number of likely N-dealkylation sites (tertiary alicyclic amines) is 1. The third-order valence-electron chi connectivity index (χ3n) is 7.66. The Morgan fingerprint density at radius 2 is 1.90 bits per heavy atom. The number of β-amino-alcohol motifs (C(OH)–C–C–N with tert-alkyl or cyclic N) is 1. The molecule has 0 bridgehead atoms. The van der Waals surface area contributed by atoms with Gasteiger partial charge in [0, 0.05) is 44.2 Å². The van der Waals surface area contributed by atoms with Crippen LogP contribution in [0.15, 0.2) is 30.5 Å². The van der Waals surface area contributed by atoms with Crippen molar-refractivity contribution in [2.24, 2.45) is 5.41 Å². The number of ether oxygens (including phenoxy) is 1. The molecule has 212 valence electrons. The number of aromatic nitrogens is 3. The number of nitrogens with zero attached hydrogens (tertiary/aromatic N) is 5. The topological polar surface area (TPSA) is 113 Å². The monoisotopic (exact) mass is 546 g/mol. The molecule has 0 spiro atoms. The highest BCUT2D eigenvalue weighted by Crippen LogP contribution is 2.40. The average Bonchev–Trinajstić information content (AvgIpc) is 3.22. The molecular formula is C27H36F2N6O4. The summed E-state index contributed by atoms with van der Waals surface area (Å²) in [6.07, 6.45) is 3.89. The molecule has 12 heteroatoms. The maximum Gasteiger partial charge on any atom is 0.387 e. The number of anilines is 1. The van der Waals surface area contributed by atoms with Gasteiger partial charge in [0.05, 0.1) is 17.5 Å². The zero-order valence-corrected chi connectivity index (χ0v) is 22.5. The Hall–Kier alpha value is -3.28. The lowest BCUT2D eigenvalue weighted by atomic mass is 9.85. The van der Waals surface area contributed by atoms with E-state index < -0.39 is 30.2 Å². The van der Waals surface area contributed by atoms with Crippen LogP contribution in [0.5, 0.6) is 5.75 Å². The predicted molar refractivity (Wildman–Crippen MR) is 138 cm³/mol. The molecular weight excluding hydrogens is 510 g/mol. The minimum atomic E-state index is -2.93. The van der Waals surface area contributed by atoms with Crippen LogP contribution in [-0.2, 0) is 9.59 Å². The van der Waals surface area contributed by atoms with Crippen molar-refractivity contribution in [1.29, 1.82) is 0 Å². The number of carbonyl (C=O) groups is 2. The van der Waals surface area contributed by atoms with E-state index in [2.05, 4.69) is 20.4 Å². The van der Waals surface area contributed by atoms with Crippen LogP contribution in [0.3, 0.4) is 0 Å². The highest BCUT2D eigenvalue weighted by molar-refractivity contribution is 5.90. The van der Waals surface area contributed by atoms with Gasteiger partial charge in [0.25, 0.3) is 0 Å². The molecule has 1 saturated carbocycles. The molecule has 5 rings (SSSR count). The van der Waals surface area contributed by atoms with Crippen molar-refractivity contribution in [3.05, 3.63) is 36.2 Å². The van der Waals surface area contributed by atoms with E-state index in [0.29, 0.717) is 31.1 Å². The van der Waals surface area contributed by atoms with Crippen LogP contribution in [0.25, 0.3) is 0 Å². The summed E-state index contributed by atoms with van der Waals surface area (Å²) in [5.41, 5.74) is 0.896. The van der Waals surface area contributed by atoms with Gasteiger partial charge in [-0.2, -0.15) is 8.78 Å². The molecule has 2 aromatic rings. The maximum atomic E-state index is 13.9. The average molecular weight is 547 g/mol. The van der Waals surface area contributed by atoms with Gasteiger partial charge >= 0.3 is 6.61 Å². The van der Waals surface area contributed by atoms with Crippen LogP contribution >= 0.6 is 0 Å². The van der Waals surface area contributed by atoms with Crippen molar-refractivity contribution in [1.82, 2.24) is 25.2 Å². The van der Waals surface area contributed by atoms with Crippen molar-refractivity contribution in [2.75, 3.05) is 24.5 Å². The number of para-hydroxylation sites is 2. The molecule has 2 amide bonds. The van der Waals surface area contributed by atoms with Gasteiger partial charge in [-0.1, -0.05) is 38.1 Å². The van der Waals surface area contributed by atoms with E-state index in [1.54, 1.807) is 22.9 Å². The van der Waals surface area contributed by atoms with Crippen LogP contribution in [0, 0.1) is 5.41 Å². The summed E-state index contributed by atoms with van der Waals surface area (Å²) in [5.74, 6) is -0.144. The number of aliphatic hydroxyl groups is 1. The van der Waals surface area contributed by atoms with E-state index in [9.17, 15) is 23.5 Å². The third kappa shape index (κ3) is 6.00. The number of rotatable bonds is 8. The first-order valence-electron chi connectivity index (χ1n) is 13.5. The van der Waals surface area contributed by atoms with E-state index in [1.807, 2.05) is 31.9 Å². The van der Waals surface area contributed by atoms with Gasteiger partial charge < -0.3 is 25.0 Å². The minimum absolute atomic E-state index is 0.0583. The van der Waals surface area contributed by atoms with Crippen molar-refractivity contribution >= 4 is 17.5 Å². The van der Waals surface area contributed by atoms with E-state index in [0.717, 1.165) is 18.5 Å². The summed E-state index contributed by atoms with van der Waals surface area (Å²) >= 11 is 0. The summed E-state index contributed by atoms with van der Waals surface area (Å²) in [6.45, 7) is 3.91. The smallest absolute Gasteiger partial charge is 0.387 e. The van der Waals surface area contributed by atoms with Gasteiger partial charge in [-0.3, -0.25) is 9.59 Å². The summed E-state index contributed by atoms with van der Waals surface area (Å²) in [6, 6.07) is 4.81. The Labute approximate surface area is 226 Å². The summed E-state index contributed by atoms with van der Waals surface area (Å²) in [4.78, 5) is 30.7. The molecule has 2 aliphatic heterocycles. The summed E-state index contributed by atoms with van der Waals surface area (Å²) in [5, 5.41) is 22.0. The van der Waals surface area contributed by atoms with Crippen molar-refractivity contribution in [3.8, 4) is 5.75 Å². The number of amides is 2. The summed E-state index contributed by atoms with van der Waals surface area (Å²) in [7, 11) is 0. The quantitative estimate of drug-likeness (QED) is 0.524. The van der Waals surface area contributed by atoms with Crippen molar-refractivity contribution in [3.63, 3.8) is 0 Å². The third-order valence-corrected chi connectivity index (χ3v) is 7.66. The highest BCUT2D eigenvalue weighted by atomic mass is 19.3. The molecule has 0 radical (unpaired) electrons. The largest absolute Gasteiger partial charge is 0.433 e. The minimum Gasteiger partial charge on any atom is -0.433 e. The van der Waals surface area contributed by atoms with Gasteiger partial charge in [-0.25, -0.2) is 4.68 Å². The molecule has 1 aliphatic carbocycles. The SMILES string of the molecule is CC(C)(C)[C@@H](C(=O)N1C[C@H](O)C[C@H]1C(=O)NC1CCN(c2ccccc2OC(F)F)C1)n1cc(C2CC2)nn1. The zero-order chi connectivity index (χ0) is 27.9. The van der Waals surface area contributed by atoms with Gasteiger partial charge in [0.1, 0.15) is 17.8 Å². The second-order valence-electron chi connectivity index (χ2n) is 11.8. The molecule has 3 heterocycles. The predicted octanol–water partition coefficient (Wildman–Crippen LogP) is 2.70. The first-order valence-corrected chi connectivity index (χ1v) is 13.5. The number of nitrogens with one attached hydrogen (secondary N) is 1. The number of hydrogen-bond acceptors (Lipinski definition) is 7. The van der Waals surface area contributed by atoms with Crippen LogP contribution in [-0.4, -0.2) is 81.2 Å². The molecule has 39 heavy (non-hydrogen) atoms. The molecule has 1 aromatic carbocycles. The fraction of sp³-hybridized carbons (Fsp3) is 0.630. The number of aliphatic hydroxyl groups excluding tert-OH is 1. The molecule has 1 unspecified atom stereocenters. The number of halogens is 2. The Kier molecular flexibility index (Phi) is 7.49. The fourth-order valence-electron chi connectivity index (χ4n) is 5.63. The molecule has 4 atom stereocenters. The lowest BCUT2D eigenvalue weighted by Gasteiger charge is -2.34. The molecule has 1 aromatic heterocycles. The van der Waals surface area contributed by atoms with E-state index >= 15 is 0 Å². The van der Waals surface area contributed by atoms with E-state index in [4.69, 9.17) is 0 Å². The standard InChI is InChI=1S/C27H36F2N6O4/c1-27(2,3)23(35-15-19(31-32-35)16-8-9-16)25(38)34-14-18(36)12-21(34)24(37)30-17-10-11-33(13-17)20-6-4-5-7-22(20)39-26(28)29/h4-7,15-18,21,23,26,36H,8-14H2,1-3H3,(H,30,37)/t17?,18-,21+,23-/m1/s1. The number of hydrogen-bond donors (Lipinski definition) is 2. The van der Waals surface area contributed by atoms with Gasteiger partial charge in [-0.05, 0) is 36.8 Å². The van der Waals surface area contributed by atoms with Gasteiger partial charge in [-0.15, -0.1) is 5.10 Å². The molecule has 3 aliphatic rings. The van der Waals surface area contributed by atoms with Crippen LogP contribution in [0.2, 0.25) is 0 Å². The van der Waals surface area contributed by atoms with E-state index in [-0.39, 0.29) is 36.6 Å². The number of carbonyl (C=O) groups excluding carboxylic acids is 2. The maximum absolute atomic E-state index is 13.9. The number of benzene rings is 1. The molecule has 2 N–H and O–H groups in total. The lowest BCUT2D eigenvalue weighted by molar-refractivity contribution is -0.144. The van der Waals surface area contributed by atoms with Gasteiger partial charge in [0.15, 0.2) is 0 Å². The zero-order valence-electron chi connectivity index (χ0n) is 22.5. The van der Waals surface area contributed by atoms with Crippen molar-refractivity contribution in [2.45, 2.75) is 83.2 Å². The first-order chi connectivity index (χ1) is 18.5. The molecule has 3 fully saturated rings. The normalized spacial score (nSPS) is 24.3. The van der Waals surface area contributed by atoms with Crippen molar-refractivity contribution < 1.29 is 28.2 Å². The highest BCUT2D eigenvalue weighted by Gasteiger charge is 2.46. The fourth-order valence-corrected chi connectivity index (χ4v) is 5.63. The molecule has 10 nitrogen and oxygen atoms in total. The Balaban J connectivity index is 1.27. The Morgan fingerprint density at radius 3 is 2.59 bits per heavy atom. The Bertz CT molecular complexity index is 1200. The van der Waals surface area contributed by atoms with Crippen LogP contribution in [0.4, 0.5) is 14.5 Å². The molecule has 2 saturated heterocycles.